The van der Waals surface area contributed by atoms with Crippen molar-refractivity contribution in [1.29, 1.82) is 0 Å². The molecule has 0 aliphatic carbocycles. The predicted molar refractivity (Wildman–Crippen MR) is 50.8 cm³/mol. The Balaban J connectivity index is 2.60. The van der Waals surface area contributed by atoms with Crippen LogP contribution in [0, 0.1) is 0 Å². The van der Waals surface area contributed by atoms with Crippen molar-refractivity contribution in [3.05, 3.63) is 20.8 Å². The number of nitrogens with two attached hydrogens (primary N) is 1. The van der Waals surface area contributed by atoms with Crippen molar-refractivity contribution in [3.63, 3.8) is 0 Å². The van der Waals surface area contributed by atoms with Crippen molar-refractivity contribution < 1.29 is 4.74 Å². The summed E-state index contributed by atoms with van der Waals surface area (Å²) < 4.78 is 6.02. The fraction of sp³-hybridized carbons (Fsp3) is 0.429. The van der Waals surface area contributed by atoms with E-state index in [0.29, 0.717) is 6.61 Å². The average Bonchev–Trinajstić information content (AvgIpc) is 2.36. The van der Waals surface area contributed by atoms with Crippen molar-refractivity contribution in [2.24, 2.45) is 5.73 Å². The Morgan fingerprint density at radius 2 is 2.55 bits per heavy atom. The normalized spacial score (nSPS) is 13.4. The molecule has 4 heteroatoms. The van der Waals surface area contributed by atoms with Gasteiger partial charge in [0.25, 0.3) is 0 Å². The third-order valence-electron chi connectivity index (χ3n) is 1.30. The van der Waals surface area contributed by atoms with Gasteiger partial charge in [-0.2, -0.15) is 0 Å². The van der Waals surface area contributed by atoms with Crippen LogP contribution in [0.3, 0.4) is 0 Å². The molecule has 0 saturated carbocycles. The summed E-state index contributed by atoms with van der Waals surface area (Å²) in [5, 5.41) is 2.02. The molecular formula is C7H10BrNOS. The van der Waals surface area contributed by atoms with Gasteiger partial charge >= 0.3 is 0 Å². The van der Waals surface area contributed by atoms with E-state index >= 15 is 0 Å². The molecule has 0 unspecified atom stereocenters. The molecule has 0 aromatic carbocycles. The Labute approximate surface area is 78.5 Å². The van der Waals surface area contributed by atoms with Crippen LogP contribution < -0.4 is 5.73 Å². The Bertz CT molecular complexity index is 226. The summed E-state index contributed by atoms with van der Waals surface area (Å²) in [7, 11) is 1.66. The first-order chi connectivity index (χ1) is 5.24. The van der Waals surface area contributed by atoms with E-state index in [2.05, 4.69) is 15.9 Å². The van der Waals surface area contributed by atoms with Crippen LogP contribution in [0.5, 0.6) is 0 Å². The highest BCUT2D eigenvalue weighted by molar-refractivity contribution is 9.10. The third-order valence-corrected chi connectivity index (χ3v) is 3.12. The summed E-state index contributed by atoms with van der Waals surface area (Å²) in [6.07, 6.45) is 0. The summed E-state index contributed by atoms with van der Waals surface area (Å²) in [5.74, 6) is 0. The highest BCUT2D eigenvalue weighted by atomic mass is 79.9. The minimum atomic E-state index is 0.0105. The smallest absolute Gasteiger partial charge is 0.0663 e. The van der Waals surface area contributed by atoms with Crippen molar-refractivity contribution in [2.75, 3.05) is 13.7 Å². The summed E-state index contributed by atoms with van der Waals surface area (Å²) >= 11 is 5.01. The summed E-state index contributed by atoms with van der Waals surface area (Å²) in [6.45, 7) is 0.576. The Hall–Kier alpha value is 0.1000. The van der Waals surface area contributed by atoms with Crippen LogP contribution in [-0.2, 0) is 4.74 Å². The van der Waals surface area contributed by atoms with Gasteiger partial charge in [0.1, 0.15) is 0 Å². The molecule has 0 radical (unpaired) electrons. The number of hydrogen-bond acceptors (Lipinski definition) is 3. The zero-order chi connectivity index (χ0) is 8.27. The summed E-state index contributed by atoms with van der Waals surface area (Å²) in [5.41, 5.74) is 5.78. The molecule has 0 amide bonds. The molecule has 0 aliphatic heterocycles. The largest absolute Gasteiger partial charge is 0.383 e. The van der Waals surface area contributed by atoms with Gasteiger partial charge in [0.2, 0.25) is 0 Å². The highest BCUT2D eigenvalue weighted by Crippen LogP contribution is 2.24. The lowest BCUT2D eigenvalue weighted by atomic mass is 10.3. The maximum atomic E-state index is 5.78. The number of ether oxygens (including phenoxy) is 1. The second-order valence-corrected chi connectivity index (χ2v) is 4.09. The van der Waals surface area contributed by atoms with Crippen LogP contribution in [0.4, 0.5) is 0 Å². The number of methoxy groups -OCH3 is 1. The van der Waals surface area contributed by atoms with E-state index in [1.807, 2.05) is 11.4 Å². The first kappa shape index (κ1) is 9.19. The first-order valence-corrected chi connectivity index (χ1v) is 4.89. The lowest BCUT2D eigenvalue weighted by Gasteiger charge is -2.06. The maximum absolute atomic E-state index is 5.78. The molecule has 62 valence electrons. The van der Waals surface area contributed by atoms with Crippen LogP contribution in [0.15, 0.2) is 15.9 Å². The molecule has 0 saturated heterocycles. The number of thiophene rings is 1. The fourth-order valence-corrected chi connectivity index (χ4v) is 2.22. The van der Waals surface area contributed by atoms with E-state index in [4.69, 9.17) is 10.5 Å². The molecule has 0 aliphatic rings. The van der Waals surface area contributed by atoms with E-state index < -0.39 is 0 Å². The molecule has 1 aromatic rings. The highest BCUT2D eigenvalue weighted by Gasteiger charge is 2.06. The Morgan fingerprint density at radius 1 is 1.82 bits per heavy atom. The zero-order valence-electron chi connectivity index (χ0n) is 6.21. The second kappa shape index (κ2) is 4.21. The van der Waals surface area contributed by atoms with Crippen LogP contribution in [-0.4, -0.2) is 13.7 Å². The molecule has 0 spiro atoms. The molecule has 1 atom stereocenters. The van der Waals surface area contributed by atoms with Crippen molar-refractivity contribution in [1.82, 2.24) is 0 Å². The topological polar surface area (TPSA) is 35.2 Å². The minimum absolute atomic E-state index is 0.0105. The molecule has 2 nitrogen and oxygen atoms in total. The molecule has 11 heavy (non-hydrogen) atoms. The van der Waals surface area contributed by atoms with Gasteiger partial charge in [-0.1, -0.05) is 0 Å². The second-order valence-electron chi connectivity index (χ2n) is 2.23. The molecule has 1 heterocycles. The molecule has 0 fully saturated rings. The van der Waals surface area contributed by atoms with Gasteiger partial charge in [0, 0.05) is 21.8 Å². The van der Waals surface area contributed by atoms with Crippen molar-refractivity contribution in [2.45, 2.75) is 6.04 Å². The summed E-state index contributed by atoms with van der Waals surface area (Å²) in [4.78, 5) is 1.15. The summed E-state index contributed by atoms with van der Waals surface area (Å²) in [6, 6.07) is 2.03. The lowest BCUT2D eigenvalue weighted by molar-refractivity contribution is 0.182. The molecular weight excluding hydrogens is 226 g/mol. The van der Waals surface area contributed by atoms with Crippen LogP contribution in [0.25, 0.3) is 0 Å². The maximum Gasteiger partial charge on any atom is 0.0663 e. The molecule has 0 bridgehead atoms. The van der Waals surface area contributed by atoms with E-state index in [1.165, 1.54) is 0 Å². The first-order valence-electron chi connectivity index (χ1n) is 3.22. The fourth-order valence-electron chi connectivity index (χ4n) is 0.784. The van der Waals surface area contributed by atoms with Crippen molar-refractivity contribution in [3.8, 4) is 0 Å². The van der Waals surface area contributed by atoms with Crippen LogP contribution >= 0.6 is 27.3 Å². The standard InChI is InChI=1S/C7H10BrNOS/c1-10-3-6(9)7-2-5(8)4-11-7/h2,4,6H,3,9H2,1H3/t6-/m0/s1. The molecule has 1 aromatic heterocycles. The third kappa shape index (κ3) is 2.56. The predicted octanol–water partition coefficient (Wildman–Crippen LogP) is 2.16. The van der Waals surface area contributed by atoms with E-state index in [1.54, 1.807) is 18.4 Å². The monoisotopic (exact) mass is 235 g/mol. The van der Waals surface area contributed by atoms with Gasteiger partial charge < -0.3 is 10.5 Å². The van der Waals surface area contributed by atoms with Gasteiger partial charge in [-0.25, -0.2) is 0 Å². The Kier molecular flexibility index (Phi) is 3.51. The molecule has 2 N–H and O–H groups in total. The Morgan fingerprint density at radius 3 is 3.00 bits per heavy atom. The van der Waals surface area contributed by atoms with Gasteiger partial charge in [-0.15, -0.1) is 11.3 Å². The van der Waals surface area contributed by atoms with Crippen LogP contribution in [0.2, 0.25) is 0 Å². The van der Waals surface area contributed by atoms with Crippen LogP contribution in [0.1, 0.15) is 10.9 Å². The number of hydrogen-bond donors (Lipinski definition) is 1. The average molecular weight is 236 g/mol. The SMILES string of the molecule is COC[C@H](N)c1cc(Br)cs1. The quantitative estimate of drug-likeness (QED) is 0.872. The lowest BCUT2D eigenvalue weighted by Crippen LogP contribution is -2.14. The van der Waals surface area contributed by atoms with E-state index in [0.717, 1.165) is 9.35 Å². The number of halogens is 1. The van der Waals surface area contributed by atoms with Gasteiger partial charge in [0.15, 0.2) is 0 Å². The minimum Gasteiger partial charge on any atom is -0.383 e. The number of rotatable bonds is 3. The van der Waals surface area contributed by atoms with Gasteiger partial charge in [-0.3, -0.25) is 0 Å². The zero-order valence-corrected chi connectivity index (χ0v) is 8.61. The van der Waals surface area contributed by atoms with Crippen molar-refractivity contribution >= 4 is 27.3 Å². The van der Waals surface area contributed by atoms with E-state index in [9.17, 15) is 0 Å². The van der Waals surface area contributed by atoms with Gasteiger partial charge in [-0.05, 0) is 22.0 Å². The van der Waals surface area contributed by atoms with E-state index in [-0.39, 0.29) is 6.04 Å². The molecule has 1 rings (SSSR count). The van der Waals surface area contributed by atoms with Gasteiger partial charge in [0.05, 0.1) is 12.6 Å².